The number of hydrogen-bond acceptors (Lipinski definition) is 6. The van der Waals surface area contributed by atoms with Crippen molar-refractivity contribution in [2.45, 2.75) is 12.8 Å². The smallest absolute Gasteiger partial charge is 0.224 e. The molecule has 0 radical (unpaired) electrons. The summed E-state index contributed by atoms with van der Waals surface area (Å²) in [6.45, 7) is 4.10. The highest BCUT2D eigenvalue weighted by Gasteiger charge is 2.11. The molecular formula is C18H26N6. The van der Waals surface area contributed by atoms with Crippen molar-refractivity contribution in [2.24, 2.45) is 0 Å². The lowest BCUT2D eigenvalue weighted by molar-refractivity contribution is 0.425. The van der Waals surface area contributed by atoms with Gasteiger partial charge in [0.1, 0.15) is 5.82 Å². The van der Waals surface area contributed by atoms with Crippen molar-refractivity contribution in [3.63, 3.8) is 0 Å². The third-order valence-electron chi connectivity index (χ3n) is 4.11. The summed E-state index contributed by atoms with van der Waals surface area (Å²) in [5.74, 6) is 1.45. The molecule has 0 aliphatic carbocycles. The van der Waals surface area contributed by atoms with E-state index in [1.807, 2.05) is 20.2 Å². The van der Waals surface area contributed by atoms with E-state index in [-0.39, 0.29) is 0 Å². The van der Waals surface area contributed by atoms with Crippen LogP contribution in [-0.4, -0.2) is 55.1 Å². The highest BCUT2D eigenvalue weighted by atomic mass is 15.2. The lowest BCUT2D eigenvalue weighted by Gasteiger charge is -2.18. The van der Waals surface area contributed by atoms with Gasteiger partial charge < -0.3 is 20.4 Å². The van der Waals surface area contributed by atoms with Crippen LogP contribution in [-0.2, 0) is 0 Å². The number of nitrogens with zero attached hydrogens (tertiary/aromatic N) is 4. The molecule has 1 aromatic carbocycles. The number of rotatable bonds is 7. The van der Waals surface area contributed by atoms with E-state index >= 15 is 0 Å². The minimum atomic E-state index is 0.649. The third kappa shape index (κ3) is 4.58. The van der Waals surface area contributed by atoms with Crippen LogP contribution in [0.15, 0.2) is 36.5 Å². The van der Waals surface area contributed by atoms with Gasteiger partial charge in [-0.1, -0.05) is 0 Å². The predicted octanol–water partition coefficient (Wildman–Crippen LogP) is 2.79. The van der Waals surface area contributed by atoms with E-state index < -0.39 is 0 Å². The van der Waals surface area contributed by atoms with Crippen molar-refractivity contribution < 1.29 is 0 Å². The summed E-state index contributed by atoms with van der Waals surface area (Å²) in [6, 6.07) is 10.4. The number of hydrogen-bond donors (Lipinski definition) is 2. The van der Waals surface area contributed by atoms with E-state index in [0.717, 1.165) is 24.6 Å². The van der Waals surface area contributed by atoms with Gasteiger partial charge in [0, 0.05) is 43.8 Å². The second kappa shape index (κ2) is 7.97. The molecule has 3 rings (SSSR count). The van der Waals surface area contributed by atoms with Crippen LogP contribution < -0.4 is 15.5 Å². The standard InChI is InChI=1S/C18H26N6/c1-23(2)14-11-20-18-19-10-9-17(22-18)21-15-5-7-16(8-6-15)24-12-3-4-13-24/h5-10H,3-4,11-14H2,1-2H3,(H2,19,20,21,22). The minimum absolute atomic E-state index is 0.649. The molecule has 2 heterocycles. The Kier molecular flexibility index (Phi) is 5.48. The average molecular weight is 326 g/mol. The van der Waals surface area contributed by atoms with Crippen LogP contribution in [0.4, 0.5) is 23.1 Å². The monoisotopic (exact) mass is 326 g/mol. The average Bonchev–Trinajstić information content (AvgIpc) is 3.10. The van der Waals surface area contributed by atoms with Crippen LogP contribution >= 0.6 is 0 Å². The van der Waals surface area contributed by atoms with E-state index in [1.54, 1.807) is 6.20 Å². The molecule has 24 heavy (non-hydrogen) atoms. The number of likely N-dealkylation sites (N-methyl/N-ethyl adjacent to an activating group) is 1. The van der Waals surface area contributed by atoms with Crippen molar-refractivity contribution in [2.75, 3.05) is 55.8 Å². The second-order valence-corrected chi connectivity index (χ2v) is 6.36. The molecule has 1 aliphatic heterocycles. The molecule has 1 aromatic heterocycles. The van der Waals surface area contributed by atoms with Gasteiger partial charge in [-0.25, -0.2) is 4.98 Å². The third-order valence-corrected chi connectivity index (χ3v) is 4.11. The largest absolute Gasteiger partial charge is 0.372 e. The van der Waals surface area contributed by atoms with Crippen molar-refractivity contribution in [1.82, 2.24) is 14.9 Å². The van der Waals surface area contributed by atoms with Crippen molar-refractivity contribution in [3.8, 4) is 0 Å². The van der Waals surface area contributed by atoms with Crippen LogP contribution in [0.3, 0.4) is 0 Å². The van der Waals surface area contributed by atoms with Gasteiger partial charge in [-0.15, -0.1) is 0 Å². The maximum atomic E-state index is 4.50. The second-order valence-electron chi connectivity index (χ2n) is 6.36. The zero-order valence-electron chi connectivity index (χ0n) is 14.5. The lowest BCUT2D eigenvalue weighted by atomic mass is 10.2. The predicted molar refractivity (Wildman–Crippen MR) is 100 cm³/mol. The highest BCUT2D eigenvalue weighted by molar-refractivity contribution is 5.61. The zero-order valence-corrected chi connectivity index (χ0v) is 14.5. The molecule has 0 bridgehead atoms. The molecule has 0 atom stereocenters. The van der Waals surface area contributed by atoms with Gasteiger partial charge in [-0.3, -0.25) is 0 Å². The minimum Gasteiger partial charge on any atom is -0.372 e. The molecule has 2 N–H and O–H groups in total. The Morgan fingerprint density at radius 2 is 1.83 bits per heavy atom. The summed E-state index contributed by atoms with van der Waals surface area (Å²) in [5, 5.41) is 6.58. The van der Waals surface area contributed by atoms with Crippen molar-refractivity contribution in [3.05, 3.63) is 36.5 Å². The quantitative estimate of drug-likeness (QED) is 0.816. The fourth-order valence-corrected chi connectivity index (χ4v) is 2.78. The molecule has 2 aromatic rings. The number of aromatic nitrogens is 2. The van der Waals surface area contributed by atoms with Crippen LogP contribution in [0.5, 0.6) is 0 Å². The Balaban J connectivity index is 1.58. The summed E-state index contributed by atoms with van der Waals surface area (Å²) in [6.07, 6.45) is 4.36. The normalized spacial score (nSPS) is 14.2. The van der Waals surface area contributed by atoms with Crippen LogP contribution in [0, 0.1) is 0 Å². The first-order chi connectivity index (χ1) is 11.7. The van der Waals surface area contributed by atoms with Gasteiger partial charge in [-0.05, 0) is 57.3 Å². The Labute approximate surface area is 143 Å². The molecule has 0 unspecified atom stereocenters. The zero-order chi connectivity index (χ0) is 16.8. The lowest BCUT2D eigenvalue weighted by Crippen LogP contribution is -2.21. The molecule has 128 valence electrons. The van der Waals surface area contributed by atoms with E-state index in [1.165, 1.54) is 31.6 Å². The molecule has 0 saturated carbocycles. The van der Waals surface area contributed by atoms with E-state index in [0.29, 0.717) is 5.95 Å². The summed E-state index contributed by atoms with van der Waals surface area (Å²) in [4.78, 5) is 13.3. The van der Waals surface area contributed by atoms with Gasteiger partial charge in [0.05, 0.1) is 0 Å². The molecule has 1 aliphatic rings. The fraction of sp³-hybridized carbons (Fsp3) is 0.444. The molecule has 0 amide bonds. The number of nitrogens with one attached hydrogen (secondary N) is 2. The first-order valence-corrected chi connectivity index (χ1v) is 8.54. The van der Waals surface area contributed by atoms with E-state index in [2.05, 4.69) is 54.7 Å². The van der Waals surface area contributed by atoms with Crippen molar-refractivity contribution in [1.29, 1.82) is 0 Å². The topological polar surface area (TPSA) is 56.3 Å². The first-order valence-electron chi connectivity index (χ1n) is 8.54. The summed E-state index contributed by atoms with van der Waals surface area (Å²) in [7, 11) is 4.10. The Hall–Kier alpha value is -2.34. The van der Waals surface area contributed by atoms with Gasteiger partial charge in [-0.2, -0.15) is 4.98 Å². The molecule has 6 heteroatoms. The summed E-state index contributed by atoms with van der Waals surface area (Å²) >= 11 is 0. The molecule has 1 saturated heterocycles. The summed E-state index contributed by atoms with van der Waals surface area (Å²) in [5.41, 5.74) is 2.34. The van der Waals surface area contributed by atoms with Gasteiger partial charge in [0.25, 0.3) is 0 Å². The van der Waals surface area contributed by atoms with Gasteiger partial charge in [0.15, 0.2) is 0 Å². The number of anilines is 4. The maximum absolute atomic E-state index is 4.50. The van der Waals surface area contributed by atoms with Crippen LogP contribution in [0.2, 0.25) is 0 Å². The molecule has 6 nitrogen and oxygen atoms in total. The van der Waals surface area contributed by atoms with Crippen LogP contribution in [0.25, 0.3) is 0 Å². The molecule has 0 spiro atoms. The first kappa shape index (κ1) is 16.5. The fourth-order valence-electron chi connectivity index (χ4n) is 2.78. The Morgan fingerprint density at radius 1 is 1.08 bits per heavy atom. The Bertz CT molecular complexity index is 634. The maximum Gasteiger partial charge on any atom is 0.224 e. The van der Waals surface area contributed by atoms with Crippen molar-refractivity contribution >= 4 is 23.1 Å². The van der Waals surface area contributed by atoms with E-state index in [4.69, 9.17) is 0 Å². The number of benzene rings is 1. The summed E-state index contributed by atoms with van der Waals surface area (Å²) < 4.78 is 0. The molecular weight excluding hydrogens is 300 g/mol. The van der Waals surface area contributed by atoms with Gasteiger partial charge >= 0.3 is 0 Å². The van der Waals surface area contributed by atoms with Gasteiger partial charge in [0.2, 0.25) is 5.95 Å². The molecule has 1 fully saturated rings. The highest BCUT2D eigenvalue weighted by Crippen LogP contribution is 2.23. The SMILES string of the molecule is CN(C)CCNc1nccc(Nc2ccc(N3CCCC3)cc2)n1. The van der Waals surface area contributed by atoms with E-state index in [9.17, 15) is 0 Å². The Morgan fingerprint density at radius 3 is 2.54 bits per heavy atom. The van der Waals surface area contributed by atoms with Crippen LogP contribution in [0.1, 0.15) is 12.8 Å².